The van der Waals surface area contributed by atoms with Crippen LogP contribution in [-0.4, -0.2) is 5.54 Å². The van der Waals surface area contributed by atoms with Gasteiger partial charge in [0.05, 0.1) is 0 Å². The fourth-order valence-electron chi connectivity index (χ4n) is 8.39. The monoisotopic (exact) mass is 704 g/mol. The topological polar surface area (TPSA) is 26.0 Å². The van der Waals surface area contributed by atoms with Gasteiger partial charge in [0.25, 0.3) is 0 Å². The Morgan fingerprint density at radius 2 is 0.320 bits per heavy atom. The van der Waals surface area contributed by atoms with E-state index in [0.717, 1.165) is 0 Å². The first-order valence-corrected chi connectivity index (χ1v) is 24.5. The van der Waals surface area contributed by atoms with E-state index in [2.05, 4.69) is 20.8 Å². The van der Waals surface area contributed by atoms with E-state index in [-0.39, 0.29) is 5.54 Å². The summed E-state index contributed by atoms with van der Waals surface area (Å²) in [5.74, 6) is 0. The van der Waals surface area contributed by atoms with Gasteiger partial charge in [0, 0.05) is 5.54 Å². The molecule has 1 heteroatoms. The van der Waals surface area contributed by atoms with E-state index in [1.54, 1.807) is 0 Å². The molecule has 1 nitrogen and oxygen atoms in total. The van der Waals surface area contributed by atoms with E-state index in [9.17, 15) is 0 Å². The molecule has 0 aliphatic rings. The van der Waals surface area contributed by atoms with Crippen LogP contribution in [0.5, 0.6) is 0 Å². The summed E-state index contributed by atoms with van der Waals surface area (Å²) in [7, 11) is 0. The minimum Gasteiger partial charge on any atom is -0.325 e. The molecule has 0 aliphatic heterocycles. The molecule has 0 aromatic carbocycles. The molecule has 302 valence electrons. The first kappa shape index (κ1) is 50.0. The predicted octanol–water partition coefficient (Wildman–Crippen LogP) is 18.3. The molecule has 50 heavy (non-hydrogen) atoms. The van der Waals surface area contributed by atoms with Gasteiger partial charge in [-0.3, -0.25) is 0 Å². The van der Waals surface area contributed by atoms with Crippen LogP contribution in [0.4, 0.5) is 0 Å². The van der Waals surface area contributed by atoms with Crippen LogP contribution in [0.2, 0.25) is 0 Å². The summed E-state index contributed by atoms with van der Waals surface area (Å²) in [4.78, 5) is 0. The molecule has 0 fully saturated rings. The molecule has 0 rings (SSSR count). The Morgan fingerprint density at radius 3 is 0.460 bits per heavy atom. The standard InChI is InChI=1S/C49H101N/c1-4-7-10-13-16-19-22-25-28-31-34-37-40-43-46-49(50,47-44-41-38-35-32-29-26-23-20-17-14-11-8-5-2)48-45-42-39-36-33-30-27-24-21-18-15-12-9-6-3/h4-48,50H2,1-3H3. The molecule has 0 aromatic rings. The number of hydrogen-bond acceptors (Lipinski definition) is 1. The highest BCUT2D eigenvalue weighted by atomic mass is 14.7. The lowest BCUT2D eigenvalue weighted by molar-refractivity contribution is 0.302. The third-order valence-corrected chi connectivity index (χ3v) is 12.1. The number of nitrogens with two attached hydrogens (primary N) is 1. The van der Waals surface area contributed by atoms with Gasteiger partial charge in [0.2, 0.25) is 0 Å². The second-order valence-electron chi connectivity index (χ2n) is 17.4. The smallest absolute Gasteiger partial charge is 0.0154 e. The normalized spacial score (nSPS) is 12.0. The maximum atomic E-state index is 7.24. The molecule has 0 atom stereocenters. The Bertz CT molecular complexity index is 505. The van der Waals surface area contributed by atoms with Gasteiger partial charge < -0.3 is 5.73 Å². The van der Waals surface area contributed by atoms with E-state index < -0.39 is 0 Å². The van der Waals surface area contributed by atoms with Crippen molar-refractivity contribution in [1.82, 2.24) is 0 Å². The molecule has 0 aromatic heterocycles. The summed E-state index contributed by atoms with van der Waals surface area (Å²) in [6.45, 7) is 6.94. The Hall–Kier alpha value is -0.0400. The van der Waals surface area contributed by atoms with E-state index in [0.29, 0.717) is 0 Å². The van der Waals surface area contributed by atoms with Crippen molar-refractivity contribution >= 4 is 0 Å². The molecular formula is C49H101N. The van der Waals surface area contributed by atoms with Gasteiger partial charge >= 0.3 is 0 Å². The van der Waals surface area contributed by atoms with Crippen LogP contribution < -0.4 is 5.73 Å². The van der Waals surface area contributed by atoms with Gasteiger partial charge in [-0.2, -0.15) is 0 Å². The van der Waals surface area contributed by atoms with Crippen LogP contribution in [0, 0.1) is 0 Å². The maximum Gasteiger partial charge on any atom is 0.0154 e. The highest BCUT2D eigenvalue weighted by Gasteiger charge is 2.23. The summed E-state index contributed by atoms with van der Waals surface area (Å²) < 4.78 is 0. The number of unbranched alkanes of at least 4 members (excludes halogenated alkanes) is 39. The van der Waals surface area contributed by atoms with Crippen molar-refractivity contribution < 1.29 is 0 Å². The second kappa shape index (κ2) is 43.4. The van der Waals surface area contributed by atoms with Crippen LogP contribution in [0.15, 0.2) is 0 Å². The van der Waals surface area contributed by atoms with Crippen LogP contribution in [0.1, 0.15) is 310 Å². The molecule has 0 bridgehead atoms. The van der Waals surface area contributed by atoms with E-state index in [4.69, 9.17) is 5.73 Å². The SMILES string of the molecule is CCCCCCCCCCCCCCCCC(N)(CCCCCCCCCCCCCCCC)CCCCCCCCCCCCCCCC. The molecule has 0 aliphatic carbocycles. The van der Waals surface area contributed by atoms with Crippen molar-refractivity contribution in [1.29, 1.82) is 0 Å². The predicted molar refractivity (Wildman–Crippen MR) is 232 cm³/mol. The van der Waals surface area contributed by atoms with Crippen LogP contribution in [0.25, 0.3) is 0 Å². The van der Waals surface area contributed by atoms with Crippen molar-refractivity contribution in [3.63, 3.8) is 0 Å². The first-order valence-electron chi connectivity index (χ1n) is 24.5. The van der Waals surface area contributed by atoms with Gasteiger partial charge in [0.1, 0.15) is 0 Å². The highest BCUT2D eigenvalue weighted by molar-refractivity contribution is 4.84. The number of rotatable bonds is 45. The molecule has 0 amide bonds. The molecule has 2 N–H and O–H groups in total. The Balaban J connectivity index is 4.07. The van der Waals surface area contributed by atoms with Gasteiger partial charge in [-0.25, -0.2) is 0 Å². The minimum atomic E-state index is 0.116. The summed E-state index contributed by atoms with van der Waals surface area (Å²) >= 11 is 0. The van der Waals surface area contributed by atoms with Gasteiger partial charge in [-0.15, -0.1) is 0 Å². The summed E-state index contributed by atoms with van der Waals surface area (Å²) in [6.07, 6.45) is 64.4. The van der Waals surface area contributed by atoms with Crippen LogP contribution >= 0.6 is 0 Å². The summed E-state index contributed by atoms with van der Waals surface area (Å²) in [5.41, 5.74) is 7.36. The molecule has 0 unspecified atom stereocenters. The molecule has 0 radical (unpaired) electrons. The van der Waals surface area contributed by atoms with E-state index >= 15 is 0 Å². The average molecular weight is 704 g/mol. The Labute approximate surface area is 320 Å². The number of hydrogen-bond donors (Lipinski definition) is 1. The third kappa shape index (κ3) is 40.7. The molecular weight excluding hydrogens is 603 g/mol. The van der Waals surface area contributed by atoms with Crippen LogP contribution in [-0.2, 0) is 0 Å². The Kier molecular flexibility index (Phi) is 43.3. The first-order chi connectivity index (χ1) is 24.7. The van der Waals surface area contributed by atoms with Crippen molar-refractivity contribution in [2.75, 3.05) is 0 Å². The molecule has 0 spiro atoms. The summed E-state index contributed by atoms with van der Waals surface area (Å²) in [5, 5.41) is 0. The van der Waals surface area contributed by atoms with Crippen molar-refractivity contribution in [2.24, 2.45) is 5.73 Å². The zero-order chi connectivity index (χ0) is 36.3. The van der Waals surface area contributed by atoms with Gasteiger partial charge in [0.15, 0.2) is 0 Å². The fourth-order valence-corrected chi connectivity index (χ4v) is 8.39. The zero-order valence-corrected chi connectivity index (χ0v) is 35.9. The lowest BCUT2D eigenvalue weighted by Gasteiger charge is -2.30. The summed E-state index contributed by atoms with van der Waals surface area (Å²) in [6, 6.07) is 0. The van der Waals surface area contributed by atoms with Gasteiger partial charge in [-0.1, -0.05) is 290 Å². The largest absolute Gasteiger partial charge is 0.325 e. The average Bonchev–Trinajstić information content (AvgIpc) is 3.12. The Morgan fingerprint density at radius 1 is 0.200 bits per heavy atom. The van der Waals surface area contributed by atoms with E-state index in [1.807, 2.05) is 0 Å². The van der Waals surface area contributed by atoms with E-state index in [1.165, 1.54) is 289 Å². The molecule has 0 saturated heterocycles. The molecule has 0 saturated carbocycles. The van der Waals surface area contributed by atoms with Crippen molar-refractivity contribution in [2.45, 2.75) is 315 Å². The zero-order valence-electron chi connectivity index (χ0n) is 35.9. The fraction of sp³-hybridized carbons (Fsp3) is 1.00. The lowest BCUT2D eigenvalue weighted by atomic mass is 9.82. The second-order valence-corrected chi connectivity index (χ2v) is 17.4. The minimum absolute atomic E-state index is 0.116. The van der Waals surface area contributed by atoms with Crippen molar-refractivity contribution in [3.05, 3.63) is 0 Å². The maximum absolute atomic E-state index is 7.24. The van der Waals surface area contributed by atoms with Crippen LogP contribution in [0.3, 0.4) is 0 Å². The highest BCUT2D eigenvalue weighted by Crippen LogP contribution is 2.27. The van der Waals surface area contributed by atoms with Gasteiger partial charge in [-0.05, 0) is 19.3 Å². The van der Waals surface area contributed by atoms with Crippen molar-refractivity contribution in [3.8, 4) is 0 Å². The third-order valence-electron chi connectivity index (χ3n) is 12.1. The lowest BCUT2D eigenvalue weighted by Crippen LogP contribution is -2.39. The molecule has 0 heterocycles. The quantitative estimate of drug-likeness (QED) is 0.0628.